The number of benzene rings is 1. The second kappa shape index (κ2) is 15.6. The van der Waals surface area contributed by atoms with Crippen LogP contribution in [0.25, 0.3) is 0 Å². The number of ether oxygens (including phenoxy) is 1. The van der Waals surface area contributed by atoms with Crippen molar-refractivity contribution in [2.45, 2.75) is 32.3 Å². The average molecular weight is 516 g/mol. The molecule has 8 nitrogen and oxygen atoms in total. The molecule has 1 aromatic carbocycles. The number of likely N-dealkylation sites (tertiary alicyclic amines) is 1. The summed E-state index contributed by atoms with van der Waals surface area (Å²) in [6, 6.07) is 7.60. The molecule has 3 rings (SSSR count). The SMILES string of the molecule is C=C/C(=C/N=CN)C(=Nc1ccc(OC2CCN(C(C)=O)C2)cc1)C(=C)C1=CC(NC)=CCC1.C=CC=O. The summed E-state index contributed by atoms with van der Waals surface area (Å²) in [6.07, 6.45) is 13.3. The van der Waals surface area contributed by atoms with Gasteiger partial charge < -0.3 is 20.7 Å². The highest BCUT2D eigenvalue weighted by atomic mass is 16.5. The van der Waals surface area contributed by atoms with E-state index in [1.54, 1.807) is 19.2 Å². The molecule has 1 aromatic rings. The number of hydrogen-bond acceptors (Lipinski definition) is 6. The lowest BCUT2D eigenvalue weighted by atomic mass is 9.91. The number of allylic oxidation sites excluding steroid dienone is 7. The van der Waals surface area contributed by atoms with Crippen molar-refractivity contribution in [1.29, 1.82) is 0 Å². The molecule has 1 saturated heterocycles. The fourth-order valence-corrected chi connectivity index (χ4v) is 3.94. The van der Waals surface area contributed by atoms with E-state index in [0.717, 1.165) is 59.7 Å². The van der Waals surface area contributed by atoms with Crippen molar-refractivity contribution < 1.29 is 14.3 Å². The van der Waals surface area contributed by atoms with Crippen LogP contribution in [0, 0.1) is 0 Å². The Morgan fingerprint density at radius 2 is 1.97 bits per heavy atom. The Labute approximate surface area is 225 Å². The maximum atomic E-state index is 11.6. The van der Waals surface area contributed by atoms with Crippen LogP contribution in [0.3, 0.4) is 0 Å². The first kappa shape index (κ1) is 29.8. The monoisotopic (exact) mass is 515 g/mol. The Morgan fingerprint density at radius 3 is 2.53 bits per heavy atom. The van der Waals surface area contributed by atoms with Crippen LogP contribution in [-0.4, -0.2) is 55.4 Å². The van der Waals surface area contributed by atoms with E-state index >= 15 is 0 Å². The molecule has 8 heteroatoms. The van der Waals surface area contributed by atoms with E-state index in [2.05, 4.69) is 42.2 Å². The summed E-state index contributed by atoms with van der Waals surface area (Å²) < 4.78 is 6.06. The second-order valence-corrected chi connectivity index (χ2v) is 8.50. The van der Waals surface area contributed by atoms with E-state index < -0.39 is 0 Å². The number of nitrogens with zero attached hydrogens (tertiary/aromatic N) is 3. The molecule has 1 atom stereocenters. The van der Waals surface area contributed by atoms with Gasteiger partial charge in [0, 0.05) is 44.4 Å². The van der Waals surface area contributed by atoms with Crippen molar-refractivity contribution in [3.63, 3.8) is 0 Å². The highest BCUT2D eigenvalue weighted by Gasteiger charge is 2.25. The maximum Gasteiger partial charge on any atom is 0.219 e. The summed E-state index contributed by atoms with van der Waals surface area (Å²) >= 11 is 0. The van der Waals surface area contributed by atoms with Gasteiger partial charge in [0.2, 0.25) is 5.91 Å². The third-order valence-electron chi connectivity index (χ3n) is 5.93. The number of aliphatic imine (C=N–C) groups is 2. The van der Waals surface area contributed by atoms with Crippen LogP contribution in [0.4, 0.5) is 5.69 Å². The number of likely N-dealkylation sites (N-methyl/N-ethyl adjacent to an activating group) is 1. The van der Waals surface area contributed by atoms with Gasteiger partial charge in [0.1, 0.15) is 18.1 Å². The second-order valence-electron chi connectivity index (χ2n) is 8.50. The van der Waals surface area contributed by atoms with Gasteiger partial charge in [-0.25, -0.2) is 9.98 Å². The van der Waals surface area contributed by atoms with Crippen molar-refractivity contribution in [3.05, 3.63) is 96.9 Å². The van der Waals surface area contributed by atoms with E-state index in [9.17, 15) is 4.79 Å². The zero-order valence-corrected chi connectivity index (χ0v) is 22.2. The van der Waals surface area contributed by atoms with Gasteiger partial charge in [0.05, 0.1) is 24.3 Å². The minimum atomic E-state index is 0.00526. The molecule has 1 heterocycles. The average Bonchev–Trinajstić information content (AvgIpc) is 3.42. The Kier molecular flexibility index (Phi) is 12.2. The first-order valence-electron chi connectivity index (χ1n) is 12.4. The van der Waals surface area contributed by atoms with Crippen LogP contribution in [0.1, 0.15) is 26.2 Å². The quantitative estimate of drug-likeness (QED) is 0.156. The summed E-state index contributed by atoms with van der Waals surface area (Å²) in [5.41, 5.74) is 10.6. The number of amides is 1. The van der Waals surface area contributed by atoms with Crippen LogP contribution in [0.2, 0.25) is 0 Å². The number of nitrogens with one attached hydrogen (secondary N) is 1. The van der Waals surface area contributed by atoms with Gasteiger partial charge in [-0.05, 0) is 60.4 Å². The van der Waals surface area contributed by atoms with Gasteiger partial charge in [-0.1, -0.05) is 31.9 Å². The molecule has 3 N–H and O–H groups in total. The first-order chi connectivity index (χ1) is 18.4. The van der Waals surface area contributed by atoms with E-state index in [1.165, 1.54) is 12.4 Å². The summed E-state index contributed by atoms with van der Waals surface area (Å²) in [4.78, 5) is 31.4. The smallest absolute Gasteiger partial charge is 0.219 e. The Balaban J connectivity index is 0.00000118. The summed E-state index contributed by atoms with van der Waals surface area (Å²) in [5, 5.41) is 3.19. The first-order valence-corrected chi connectivity index (χ1v) is 12.4. The molecule has 1 unspecified atom stereocenters. The lowest BCUT2D eigenvalue weighted by Gasteiger charge is -2.18. The van der Waals surface area contributed by atoms with Gasteiger partial charge in [-0.15, -0.1) is 0 Å². The lowest BCUT2D eigenvalue weighted by Crippen LogP contribution is -2.28. The van der Waals surface area contributed by atoms with Crippen LogP contribution in [0.5, 0.6) is 5.75 Å². The minimum absolute atomic E-state index is 0.00526. The van der Waals surface area contributed by atoms with Crippen molar-refractivity contribution in [2.24, 2.45) is 15.7 Å². The fourth-order valence-electron chi connectivity index (χ4n) is 3.94. The normalized spacial score (nSPS) is 17.5. The van der Waals surface area contributed by atoms with E-state index in [0.29, 0.717) is 18.5 Å². The third-order valence-corrected chi connectivity index (χ3v) is 5.93. The fraction of sp³-hybridized carbons (Fsp3) is 0.267. The Morgan fingerprint density at radius 1 is 1.26 bits per heavy atom. The molecule has 0 saturated carbocycles. The van der Waals surface area contributed by atoms with Crippen LogP contribution in [0.15, 0.2) is 107 Å². The molecular formula is C30H37N5O3. The molecule has 1 fully saturated rings. The summed E-state index contributed by atoms with van der Waals surface area (Å²) in [6.45, 7) is 14.3. The molecule has 38 heavy (non-hydrogen) atoms. The van der Waals surface area contributed by atoms with Gasteiger partial charge in [-0.2, -0.15) is 0 Å². The third kappa shape index (κ3) is 8.89. The predicted octanol–water partition coefficient (Wildman–Crippen LogP) is 4.57. The molecular weight excluding hydrogens is 478 g/mol. The summed E-state index contributed by atoms with van der Waals surface area (Å²) in [7, 11) is 1.90. The zero-order valence-electron chi connectivity index (χ0n) is 22.2. The van der Waals surface area contributed by atoms with Crippen molar-refractivity contribution in [1.82, 2.24) is 10.2 Å². The molecule has 200 valence electrons. The number of aldehydes is 1. The number of hydrogen-bond donors (Lipinski definition) is 2. The largest absolute Gasteiger partial charge is 0.489 e. The van der Waals surface area contributed by atoms with Gasteiger partial charge >= 0.3 is 0 Å². The molecule has 0 aromatic heterocycles. The Hall–Kier alpha value is -4.46. The number of nitrogens with two attached hydrogens (primary N) is 1. The standard InChI is InChI=1S/C27H33N5O2.C3H4O/c1-5-21(16-30-18-28)27(19(2)22-7-6-8-24(15-22)29-4)31-23-9-11-25(12-10-23)34-26-13-14-32(17-26)20(3)33;1-2-3-4/h5,8-12,15-16,18,26,29H,1-2,6-7,13-14,17H2,3-4H3,(H2,28,30);2-3H,1H2/b21-16-,31-27?;. The number of carbonyl (C=O) groups excluding carboxylic acids is 2. The van der Waals surface area contributed by atoms with Gasteiger partial charge in [0.25, 0.3) is 0 Å². The maximum absolute atomic E-state index is 11.6. The van der Waals surface area contributed by atoms with Crippen molar-refractivity contribution in [3.8, 4) is 5.75 Å². The minimum Gasteiger partial charge on any atom is -0.489 e. The van der Waals surface area contributed by atoms with Gasteiger partial charge in [0.15, 0.2) is 0 Å². The zero-order chi connectivity index (χ0) is 27.9. The molecule has 0 radical (unpaired) electrons. The topological polar surface area (TPSA) is 109 Å². The molecule has 0 bridgehead atoms. The van der Waals surface area contributed by atoms with Crippen molar-refractivity contribution >= 4 is 29.9 Å². The highest BCUT2D eigenvalue weighted by Crippen LogP contribution is 2.28. The molecule has 1 aliphatic carbocycles. The molecule has 1 amide bonds. The molecule has 0 spiro atoms. The number of rotatable bonds is 10. The molecule has 2 aliphatic rings. The van der Waals surface area contributed by atoms with Crippen LogP contribution in [-0.2, 0) is 9.59 Å². The summed E-state index contributed by atoms with van der Waals surface area (Å²) in [5.74, 6) is 0.833. The highest BCUT2D eigenvalue weighted by molar-refractivity contribution is 6.17. The lowest BCUT2D eigenvalue weighted by molar-refractivity contribution is -0.128. The van der Waals surface area contributed by atoms with Crippen LogP contribution < -0.4 is 15.8 Å². The van der Waals surface area contributed by atoms with Gasteiger partial charge in [-0.3, -0.25) is 9.59 Å². The van der Waals surface area contributed by atoms with E-state index in [-0.39, 0.29) is 12.0 Å². The van der Waals surface area contributed by atoms with Crippen LogP contribution >= 0.6 is 0 Å². The predicted molar refractivity (Wildman–Crippen MR) is 156 cm³/mol. The Bertz CT molecular complexity index is 1170. The van der Waals surface area contributed by atoms with Crippen molar-refractivity contribution in [2.75, 3.05) is 20.1 Å². The number of carbonyl (C=O) groups is 2. The molecule has 1 aliphatic heterocycles. The van der Waals surface area contributed by atoms with E-state index in [4.69, 9.17) is 20.3 Å². The van der Waals surface area contributed by atoms with E-state index in [1.807, 2.05) is 36.2 Å².